The van der Waals surface area contributed by atoms with Crippen LogP contribution in [-0.4, -0.2) is 16.7 Å². The van der Waals surface area contributed by atoms with Gasteiger partial charge in [0.2, 0.25) is 0 Å². The van der Waals surface area contributed by atoms with Crippen LogP contribution in [0.3, 0.4) is 0 Å². The zero-order chi connectivity index (χ0) is 22.3. The zero-order valence-corrected chi connectivity index (χ0v) is 18.4. The predicted octanol–water partition coefficient (Wildman–Crippen LogP) is 5.70. The van der Waals surface area contributed by atoms with E-state index in [9.17, 15) is 9.90 Å². The van der Waals surface area contributed by atoms with E-state index in [1.54, 1.807) is 0 Å². The number of hydrogen-bond donors (Lipinski definition) is 1. The van der Waals surface area contributed by atoms with Crippen LogP contribution < -0.4 is 4.74 Å². The fourth-order valence-electron chi connectivity index (χ4n) is 3.33. The molecule has 0 fully saturated rings. The van der Waals surface area contributed by atoms with Crippen molar-refractivity contribution in [3.8, 4) is 16.9 Å². The van der Waals surface area contributed by atoms with Crippen molar-refractivity contribution in [1.82, 2.24) is 0 Å². The first kappa shape index (κ1) is 22.6. The van der Waals surface area contributed by atoms with Gasteiger partial charge in [0.25, 0.3) is 0 Å². The van der Waals surface area contributed by atoms with Crippen LogP contribution in [0.1, 0.15) is 43.9 Å². The summed E-state index contributed by atoms with van der Waals surface area (Å²) in [4.78, 5) is 11.9. The van der Waals surface area contributed by atoms with Crippen LogP contribution in [0.2, 0.25) is 0 Å². The third-order valence-electron chi connectivity index (χ3n) is 4.79. The number of aliphatic hydroxyl groups excluding tert-OH is 1. The molecule has 1 N–H and O–H groups in total. The lowest BCUT2D eigenvalue weighted by atomic mass is 9.98. The van der Waals surface area contributed by atoms with Gasteiger partial charge in [0.15, 0.2) is 0 Å². The Morgan fingerprint density at radius 2 is 1.65 bits per heavy atom. The molecule has 0 saturated carbocycles. The second kappa shape index (κ2) is 10.3. The van der Waals surface area contributed by atoms with Gasteiger partial charge in [-0.05, 0) is 73.2 Å². The molecule has 0 unspecified atom stereocenters. The maximum Gasteiger partial charge on any atom is 0.306 e. The summed E-state index contributed by atoms with van der Waals surface area (Å²) in [5.41, 5.74) is 4.67. The van der Waals surface area contributed by atoms with Gasteiger partial charge in [-0.1, -0.05) is 54.6 Å². The van der Waals surface area contributed by atoms with Crippen molar-refractivity contribution < 1.29 is 19.4 Å². The minimum Gasteiger partial charge on any atom is -0.489 e. The molecular weight excluding hydrogens is 388 g/mol. The average molecular weight is 419 g/mol. The van der Waals surface area contributed by atoms with Crippen molar-refractivity contribution in [1.29, 1.82) is 0 Å². The molecule has 0 bridgehead atoms. The molecule has 162 valence electrons. The number of aryl methyl sites for hydroxylation is 1. The Hall–Kier alpha value is -3.11. The van der Waals surface area contributed by atoms with Crippen molar-refractivity contribution >= 4 is 5.97 Å². The second-order valence-corrected chi connectivity index (χ2v) is 8.53. The van der Waals surface area contributed by atoms with E-state index in [-0.39, 0.29) is 12.6 Å². The maximum absolute atomic E-state index is 11.9. The summed E-state index contributed by atoms with van der Waals surface area (Å²) in [5.74, 6) is 0.595. The summed E-state index contributed by atoms with van der Waals surface area (Å²) < 4.78 is 11.3. The van der Waals surface area contributed by atoms with Crippen LogP contribution in [0.15, 0.2) is 72.8 Å². The lowest BCUT2D eigenvalue weighted by Crippen LogP contribution is -2.23. The van der Waals surface area contributed by atoms with Crippen molar-refractivity contribution in [2.75, 3.05) is 0 Å². The molecule has 0 amide bonds. The van der Waals surface area contributed by atoms with Crippen LogP contribution in [0.4, 0.5) is 0 Å². The van der Waals surface area contributed by atoms with Crippen LogP contribution in [0, 0.1) is 0 Å². The van der Waals surface area contributed by atoms with E-state index in [0.717, 1.165) is 33.6 Å². The van der Waals surface area contributed by atoms with Gasteiger partial charge < -0.3 is 14.6 Å². The van der Waals surface area contributed by atoms with Gasteiger partial charge in [-0.3, -0.25) is 4.79 Å². The molecule has 0 atom stereocenters. The number of ether oxygens (including phenoxy) is 2. The van der Waals surface area contributed by atoms with E-state index >= 15 is 0 Å². The standard InChI is InChI=1S/C27H30O4/c1-27(2,3)31-26(29)16-13-20-11-14-24(15-12-20)30-19-21-7-6-9-22(17-21)25-10-5-4-8-23(25)18-28/h4-12,14-15,17,28H,13,16,18-19H2,1-3H3. The quantitative estimate of drug-likeness (QED) is 0.477. The first-order valence-electron chi connectivity index (χ1n) is 10.6. The molecule has 3 rings (SSSR count). The fraction of sp³-hybridized carbons (Fsp3) is 0.296. The SMILES string of the molecule is CC(C)(C)OC(=O)CCc1ccc(OCc2cccc(-c3ccccc3CO)c2)cc1. The molecule has 0 spiro atoms. The van der Waals surface area contributed by atoms with Gasteiger partial charge in [0.1, 0.15) is 18.0 Å². The van der Waals surface area contributed by atoms with Gasteiger partial charge in [-0.2, -0.15) is 0 Å². The van der Waals surface area contributed by atoms with E-state index < -0.39 is 5.60 Å². The smallest absolute Gasteiger partial charge is 0.306 e. The second-order valence-electron chi connectivity index (χ2n) is 8.53. The number of carbonyl (C=O) groups excluding carboxylic acids is 1. The topological polar surface area (TPSA) is 55.8 Å². The molecule has 4 heteroatoms. The van der Waals surface area contributed by atoms with Crippen molar-refractivity contribution in [2.45, 2.75) is 52.4 Å². The van der Waals surface area contributed by atoms with Crippen LogP contribution in [0.5, 0.6) is 5.75 Å². The summed E-state index contributed by atoms with van der Waals surface area (Å²) in [6, 6.07) is 23.8. The Bertz CT molecular complexity index is 1000. The Morgan fingerprint density at radius 3 is 2.35 bits per heavy atom. The van der Waals surface area contributed by atoms with E-state index in [2.05, 4.69) is 6.07 Å². The van der Waals surface area contributed by atoms with Crippen molar-refractivity contribution in [2.24, 2.45) is 0 Å². The Balaban J connectivity index is 1.56. The zero-order valence-electron chi connectivity index (χ0n) is 18.4. The first-order chi connectivity index (χ1) is 14.8. The van der Waals surface area contributed by atoms with Crippen LogP contribution in [0.25, 0.3) is 11.1 Å². The van der Waals surface area contributed by atoms with E-state index in [0.29, 0.717) is 19.4 Å². The van der Waals surface area contributed by atoms with Crippen LogP contribution in [-0.2, 0) is 29.2 Å². The Labute approximate surface area is 184 Å². The third-order valence-corrected chi connectivity index (χ3v) is 4.79. The monoisotopic (exact) mass is 418 g/mol. The summed E-state index contributed by atoms with van der Waals surface area (Å²) in [5, 5.41) is 9.59. The van der Waals surface area contributed by atoms with E-state index in [4.69, 9.17) is 9.47 Å². The summed E-state index contributed by atoms with van der Waals surface area (Å²) in [7, 11) is 0. The number of rotatable bonds is 8. The van der Waals surface area contributed by atoms with Crippen LogP contribution >= 0.6 is 0 Å². The van der Waals surface area contributed by atoms with Gasteiger partial charge >= 0.3 is 5.97 Å². The summed E-state index contributed by atoms with van der Waals surface area (Å²) in [6.45, 7) is 6.08. The van der Waals surface area contributed by atoms with Crippen molar-refractivity contribution in [3.63, 3.8) is 0 Å². The number of carbonyl (C=O) groups is 1. The summed E-state index contributed by atoms with van der Waals surface area (Å²) >= 11 is 0. The highest BCUT2D eigenvalue weighted by molar-refractivity contribution is 5.70. The molecule has 3 aromatic carbocycles. The molecule has 4 nitrogen and oxygen atoms in total. The lowest BCUT2D eigenvalue weighted by molar-refractivity contribution is -0.154. The Morgan fingerprint density at radius 1 is 0.903 bits per heavy atom. The molecule has 0 radical (unpaired) electrons. The molecule has 31 heavy (non-hydrogen) atoms. The molecule has 3 aromatic rings. The number of hydrogen-bond acceptors (Lipinski definition) is 4. The molecule has 0 aromatic heterocycles. The molecule has 0 aliphatic heterocycles. The molecule has 0 saturated heterocycles. The maximum atomic E-state index is 11.9. The average Bonchev–Trinajstić information content (AvgIpc) is 2.76. The minimum absolute atomic E-state index is 0.0111. The Kier molecular flexibility index (Phi) is 7.48. The third kappa shape index (κ3) is 6.97. The molecule has 0 aliphatic rings. The number of aliphatic hydroxyl groups is 1. The lowest BCUT2D eigenvalue weighted by Gasteiger charge is -2.19. The number of esters is 1. The normalized spacial score (nSPS) is 11.2. The highest BCUT2D eigenvalue weighted by Crippen LogP contribution is 2.25. The summed E-state index contributed by atoms with van der Waals surface area (Å²) in [6.07, 6.45) is 1.00. The van der Waals surface area contributed by atoms with Crippen molar-refractivity contribution in [3.05, 3.63) is 89.5 Å². The molecule has 0 heterocycles. The largest absolute Gasteiger partial charge is 0.489 e. The van der Waals surface area contributed by atoms with E-state index in [1.807, 2.05) is 87.5 Å². The van der Waals surface area contributed by atoms with Gasteiger partial charge in [-0.15, -0.1) is 0 Å². The fourth-order valence-corrected chi connectivity index (χ4v) is 3.33. The predicted molar refractivity (Wildman–Crippen MR) is 123 cm³/mol. The van der Waals surface area contributed by atoms with E-state index in [1.165, 1.54) is 0 Å². The minimum atomic E-state index is -0.452. The first-order valence-corrected chi connectivity index (χ1v) is 10.6. The molecule has 0 aliphatic carbocycles. The van der Waals surface area contributed by atoms with Gasteiger partial charge in [0.05, 0.1) is 6.61 Å². The highest BCUT2D eigenvalue weighted by Gasteiger charge is 2.15. The molecular formula is C27H30O4. The number of benzene rings is 3. The van der Waals surface area contributed by atoms with Gasteiger partial charge in [0, 0.05) is 6.42 Å². The van der Waals surface area contributed by atoms with Gasteiger partial charge in [-0.25, -0.2) is 0 Å². The highest BCUT2D eigenvalue weighted by atomic mass is 16.6.